The number of hydrogen-bond acceptors (Lipinski definition) is 4. The summed E-state index contributed by atoms with van der Waals surface area (Å²) in [5.41, 5.74) is 0.557. The first-order valence-corrected chi connectivity index (χ1v) is 8.51. The number of aryl methyl sites for hydroxylation is 1. The fourth-order valence-corrected chi connectivity index (χ4v) is 4.01. The molecule has 23 heavy (non-hydrogen) atoms. The van der Waals surface area contributed by atoms with E-state index >= 15 is 0 Å². The molecule has 1 aliphatic rings. The van der Waals surface area contributed by atoms with E-state index in [9.17, 15) is 9.59 Å². The molecule has 0 saturated heterocycles. The average molecular weight is 328 g/mol. The second-order valence-corrected chi connectivity index (χ2v) is 6.65. The van der Waals surface area contributed by atoms with Crippen molar-refractivity contribution in [3.8, 4) is 0 Å². The number of fused-ring (bicyclic) bond motifs is 2. The summed E-state index contributed by atoms with van der Waals surface area (Å²) < 4.78 is 2.77. The molecule has 7 heteroatoms. The Morgan fingerprint density at radius 3 is 3.13 bits per heavy atom. The molecule has 0 bridgehead atoms. The number of amides is 1. The van der Waals surface area contributed by atoms with Crippen LogP contribution in [0, 0.1) is 0 Å². The number of thiophene rings is 1. The Labute approximate surface area is 136 Å². The standard InChI is InChI=1S/C16H16N4O2S/c21-15(12-9-23-13-4-2-1-3-11(12)13)17-10-5-6-14-18-19-16(22)20(14)8-7-10/h1-4,9-10H,5-8H2,(H,17,21)(H,19,22). The minimum Gasteiger partial charge on any atom is -0.349 e. The van der Waals surface area contributed by atoms with Gasteiger partial charge in [0.05, 0.1) is 5.56 Å². The number of carbonyl (C=O) groups excluding carboxylic acids is 1. The first kappa shape index (κ1) is 14.2. The van der Waals surface area contributed by atoms with Crippen LogP contribution < -0.4 is 11.0 Å². The van der Waals surface area contributed by atoms with Crippen molar-refractivity contribution in [3.63, 3.8) is 0 Å². The van der Waals surface area contributed by atoms with E-state index in [-0.39, 0.29) is 17.6 Å². The zero-order valence-electron chi connectivity index (χ0n) is 12.4. The van der Waals surface area contributed by atoms with Crippen molar-refractivity contribution < 1.29 is 4.79 Å². The summed E-state index contributed by atoms with van der Waals surface area (Å²) in [5, 5.41) is 12.5. The topological polar surface area (TPSA) is 79.8 Å². The van der Waals surface area contributed by atoms with Gasteiger partial charge in [-0.2, -0.15) is 5.10 Å². The van der Waals surface area contributed by atoms with Gasteiger partial charge in [-0.15, -0.1) is 11.3 Å². The van der Waals surface area contributed by atoms with Crippen LogP contribution in [0.4, 0.5) is 0 Å². The van der Waals surface area contributed by atoms with E-state index < -0.39 is 0 Å². The smallest absolute Gasteiger partial charge is 0.343 e. The van der Waals surface area contributed by atoms with Gasteiger partial charge in [0.1, 0.15) is 5.82 Å². The highest BCUT2D eigenvalue weighted by molar-refractivity contribution is 7.17. The second-order valence-electron chi connectivity index (χ2n) is 5.74. The molecule has 1 unspecified atom stereocenters. The predicted molar refractivity (Wildman–Crippen MR) is 88.9 cm³/mol. The van der Waals surface area contributed by atoms with Crippen LogP contribution in [-0.4, -0.2) is 26.7 Å². The molecule has 0 aliphatic carbocycles. The Morgan fingerprint density at radius 1 is 1.35 bits per heavy atom. The largest absolute Gasteiger partial charge is 0.349 e. The molecule has 1 aliphatic heterocycles. The summed E-state index contributed by atoms with van der Waals surface area (Å²) in [5.74, 6) is 0.730. The fraction of sp³-hybridized carbons (Fsp3) is 0.312. The fourth-order valence-electron chi connectivity index (χ4n) is 3.07. The Kier molecular flexibility index (Phi) is 3.49. The maximum absolute atomic E-state index is 12.6. The van der Waals surface area contributed by atoms with Gasteiger partial charge in [0, 0.05) is 34.5 Å². The van der Waals surface area contributed by atoms with Gasteiger partial charge in [-0.05, 0) is 18.9 Å². The molecule has 3 aromatic rings. The number of carbonyl (C=O) groups is 1. The highest BCUT2D eigenvalue weighted by atomic mass is 32.1. The van der Waals surface area contributed by atoms with Crippen LogP contribution in [0.5, 0.6) is 0 Å². The third-order valence-electron chi connectivity index (χ3n) is 4.32. The number of aromatic amines is 1. The first-order chi connectivity index (χ1) is 11.2. The molecule has 1 atom stereocenters. The van der Waals surface area contributed by atoms with Crippen LogP contribution in [0.15, 0.2) is 34.4 Å². The summed E-state index contributed by atoms with van der Waals surface area (Å²) in [6.07, 6.45) is 2.21. The van der Waals surface area contributed by atoms with Crippen molar-refractivity contribution >= 4 is 27.3 Å². The van der Waals surface area contributed by atoms with Gasteiger partial charge in [0.2, 0.25) is 0 Å². The molecule has 0 saturated carbocycles. The Hall–Kier alpha value is -2.41. The number of nitrogens with zero attached hydrogens (tertiary/aromatic N) is 2. The van der Waals surface area contributed by atoms with E-state index in [1.165, 1.54) is 0 Å². The maximum atomic E-state index is 12.6. The quantitative estimate of drug-likeness (QED) is 0.754. The number of benzene rings is 1. The van der Waals surface area contributed by atoms with Crippen LogP contribution in [0.25, 0.3) is 10.1 Å². The SMILES string of the molecule is O=C(NC1CCc2n[nH]c(=O)n2CC1)c1csc2ccccc12. The molecule has 1 aromatic carbocycles. The lowest BCUT2D eigenvalue weighted by Gasteiger charge is -2.15. The zero-order valence-corrected chi connectivity index (χ0v) is 13.2. The van der Waals surface area contributed by atoms with E-state index in [0.29, 0.717) is 13.0 Å². The molecule has 6 nitrogen and oxygen atoms in total. The van der Waals surface area contributed by atoms with Gasteiger partial charge in [-0.25, -0.2) is 9.89 Å². The van der Waals surface area contributed by atoms with Gasteiger partial charge < -0.3 is 5.32 Å². The number of rotatable bonds is 2. The minimum absolute atomic E-state index is 0.0408. The van der Waals surface area contributed by atoms with Gasteiger partial charge in [0.25, 0.3) is 5.91 Å². The van der Waals surface area contributed by atoms with Crippen LogP contribution in [0.3, 0.4) is 0 Å². The third kappa shape index (κ3) is 2.57. The lowest BCUT2D eigenvalue weighted by molar-refractivity contribution is 0.0935. The zero-order chi connectivity index (χ0) is 15.8. The highest BCUT2D eigenvalue weighted by Crippen LogP contribution is 2.25. The summed E-state index contributed by atoms with van der Waals surface area (Å²) >= 11 is 1.58. The van der Waals surface area contributed by atoms with E-state index in [1.54, 1.807) is 15.9 Å². The Balaban J connectivity index is 1.50. The number of H-pyrrole nitrogens is 1. The van der Waals surface area contributed by atoms with Gasteiger partial charge in [-0.1, -0.05) is 18.2 Å². The van der Waals surface area contributed by atoms with Crippen molar-refractivity contribution in [3.05, 3.63) is 51.5 Å². The Bertz CT molecular complexity index is 923. The van der Waals surface area contributed by atoms with E-state index in [1.807, 2.05) is 29.6 Å². The van der Waals surface area contributed by atoms with Crippen molar-refractivity contribution in [1.29, 1.82) is 0 Å². The van der Waals surface area contributed by atoms with Crippen LogP contribution in [0.2, 0.25) is 0 Å². The van der Waals surface area contributed by atoms with Crippen molar-refractivity contribution in [2.24, 2.45) is 0 Å². The minimum atomic E-state index is -0.171. The number of nitrogens with one attached hydrogen (secondary N) is 2. The molecule has 4 rings (SSSR count). The molecule has 0 spiro atoms. The first-order valence-electron chi connectivity index (χ1n) is 7.63. The molecule has 2 N–H and O–H groups in total. The summed E-state index contributed by atoms with van der Waals surface area (Å²) in [6.45, 7) is 0.583. The third-order valence-corrected chi connectivity index (χ3v) is 5.28. The molecule has 3 heterocycles. The molecule has 118 valence electrons. The molecule has 1 amide bonds. The molecule has 2 aromatic heterocycles. The highest BCUT2D eigenvalue weighted by Gasteiger charge is 2.21. The summed E-state index contributed by atoms with van der Waals surface area (Å²) in [4.78, 5) is 24.2. The molecular weight excluding hydrogens is 312 g/mol. The molecule has 0 radical (unpaired) electrons. The van der Waals surface area contributed by atoms with Crippen LogP contribution in [-0.2, 0) is 13.0 Å². The number of aromatic nitrogens is 3. The van der Waals surface area contributed by atoms with Crippen LogP contribution >= 0.6 is 11.3 Å². The lowest BCUT2D eigenvalue weighted by atomic mass is 10.1. The monoisotopic (exact) mass is 328 g/mol. The lowest BCUT2D eigenvalue weighted by Crippen LogP contribution is -2.35. The van der Waals surface area contributed by atoms with Gasteiger partial charge in [-0.3, -0.25) is 9.36 Å². The Morgan fingerprint density at radius 2 is 2.22 bits per heavy atom. The normalized spacial score (nSPS) is 17.7. The van der Waals surface area contributed by atoms with E-state index in [2.05, 4.69) is 15.5 Å². The van der Waals surface area contributed by atoms with Crippen molar-refractivity contribution in [1.82, 2.24) is 20.1 Å². The van der Waals surface area contributed by atoms with E-state index in [4.69, 9.17) is 0 Å². The van der Waals surface area contributed by atoms with Gasteiger partial charge in [0.15, 0.2) is 0 Å². The molecular formula is C16H16N4O2S. The van der Waals surface area contributed by atoms with E-state index in [0.717, 1.165) is 34.3 Å². The summed E-state index contributed by atoms with van der Waals surface area (Å²) in [7, 11) is 0. The van der Waals surface area contributed by atoms with Gasteiger partial charge >= 0.3 is 5.69 Å². The van der Waals surface area contributed by atoms with Crippen molar-refractivity contribution in [2.75, 3.05) is 0 Å². The average Bonchev–Trinajstić information content (AvgIpc) is 3.08. The second kappa shape index (κ2) is 5.66. The number of hydrogen-bond donors (Lipinski definition) is 2. The van der Waals surface area contributed by atoms with Crippen LogP contribution in [0.1, 0.15) is 29.0 Å². The summed E-state index contributed by atoms with van der Waals surface area (Å²) in [6, 6.07) is 7.98. The maximum Gasteiger partial charge on any atom is 0.343 e. The van der Waals surface area contributed by atoms with Crippen molar-refractivity contribution in [2.45, 2.75) is 31.8 Å². The molecule has 0 fully saturated rings. The predicted octanol–water partition coefficient (Wildman–Crippen LogP) is 1.92.